The van der Waals surface area contributed by atoms with Gasteiger partial charge in [-0.1, -0.05) is 82.0 Å². The van der Waals surface area contributed by atoms with Crippen molar-refractivity contribution in [3.05, 3.63) is 112 Å². The number of aromatic nitrogens is 1. The smallest absolute Gasteiger partial charge is 0.0541 e. The fourth-order valence-electron chi connectivity index (χ4n) is 6.60. The number of aryl methyl sites for hydroxylation is 3. The van der Waals surface area contributed by atoms with Crippen LogP contribution in [0, 0.1) is 6.92 Å². The van der Waals surface area contributed by atoms with Gasteiger partial charge in [-0.15, -0.1) is 22.7 Å². The highest BCUT2D eigenvalue weighted by molar-refractivity contribution is 7.21. The van der Waals surface area contributed by atoms with E-state index in [1.165, 1.54) is 105 Å². The van der Waals surface area contributed by atoms with Crippen LogP contribution in [0.1, 0.15) is 86.3 Å². The summed E-state index contributed by atoms with van der Waals surface area (Å²) in [5.74, 6) is 0.569. The summed E-state index contributed by atoms with van der Waals surface area (Å²) in [5.41, 5.74) is 8.34. The van der Waals surface area contributed by atoms with Crippen LogP contribution in [-0.4, -0.2) is 4.57 Å². The molecule has 216 valence electrons. The van der Waals surface area contributed by atoms with Crippen LogP contribution in [0.15, 0.2) is 90.3 Å². The van der Waals surface area contributed by atoms with E-state index in [4.69, 9.17) is 0 Å². The van der Waals surface area contributed by atoms with Crippen LogP contribution in [-0.2, 0) is 12.8 Å². The summed E-state index contributed by atoms with van der Waals surface area (Å²) in [7, 11) is 0. The maximum Gasteiger partial charge on any atom is 0.0541 e. The van der Waals surface area contributed by atoms with E-state index in [9.17, 15) is 0 Å². The van der Waals surface area contributed by atoms with Gasteiger partial charge in [0.05, 0.1) is 11.0 Å². The van der Waals surface area contributed by atoms with Crippen molar-refractivity contribution < 1.29 is 0 Å². The Morgan fingerprint density at radius 2 is 1.52 bits per heavy atom. The van der Waals surface area contributed by atoms with E-state index in [0.29, 0.717) is 5.92 Å². The van der Waals surface area contributed by atoms with Gasteiger partial charge in [-0.05, 0) is 109 Å². The summed E-state index contributed by atoms with van der Waals surface area (Å²) in [6.07, 6.45) is 11.3. The normalized spacial score (nSPS) is 12.5. The summed E-state index contributed by atoms with van der Waals surface area (Å²) >= 11 is 3.93. The van der Waals surface area contributed by atoms with Crippen LogP contribution in [0.3, 0.4) is 0 Å². The first-order valence-electron chi connectivity index (χ1n) is 15.9. The van der Waals surface area contributed by atoms with Crippen molar-refractivity contribution in [3.8, 4) is 15.4 Å². The molecule has 0 radical (unpaired) electrons. The Labute approximate surface area is 259 Å². The third kappa shape index (κ3) is 6.14. The van der Waals surface area contributed by atoms with Gasteiger partial charge in [0.2, 0.25) is 0 Å². The molecular weight excluding hydrogens is 547 g/mol. The molecular formula is C39H43NS2. The van der Waals surface area contributed by atoms with Gasteiger partial charge in [-0.3, -0.25) is 0 Å². The molecule has 1 atom stereocenters. The van der Waals surface area contributed by atoms with E-state index in [1.54, 1.807) is 5.56 Å². The first kappa shape index (κ1) is 29.0. The van der Waals surface area contributed by atoms with Crippen LogP contribution in [0.25, 0.3) is 37.2 Å². The zero-order chi connectivity index (χ0) is 28.9. The van der Waals surface area contributed by atoms with Gasteiger partial charge in [0, 0.05) is 31.1 Å². The van der Waals surface area contributed by atoms with E-state index < -0.39 is 0 Å². The van der Waals surface area contributed by atoms with E-state index in [2.05, 4.69) is 116 Å². The van der Waals surface area contributed by atoms with Gasteiger partial charge in [0.15, 0.2) is 0 Å². The third-order valence-corrected chi connectivity index (χ3v) is 11.0. The minimum atomic E-state index is 0.569. The summed E-state index contributed by atoms with van der Waals surface area (Å²) in [6, 6.07) is 31.8. The van der Waals surface area contributed by atoms with Gasteiger partial charge in [0.1, 0.15) is 0 Å². The zero-order valence-electron chi connectivity index (χ0n) is 25.4. The number of thiophene rings is 2. The van der Waals surface area contributed by atoms with Crippen LogP contribution < -0.4 is 0 Å². The first-order valence-corrected chi connectivity index (χ1v) is 17.6. The predicted octanol–water partition coefficient (Wildman–Crippen LogP) is 12.5. The van der Waals surface area contributed by atoms with Gasteiger partial charge in [-0.2, -0.15) is 0 Å². The van der Waals surface area contributed by atoms with Gasteiger partial charge < -0.3 is 4.57 Å². The molecule has 0 aliphatic heterocycles. The quantitative estimate of drug-likeness (QED) is 0.118. The zero-order valence-corrected chi connectivity index (χ0v) is 27.0. The molecule has 3 aromatic carbocycles. The lowest BCUT2D eigenvalue weighted by molar-refractivity contribution is 0.569. The van der Waals surface area contributed by atoms with Crippen molar-refractivity contribution in [1.82, 2.24) is 4.57 Å². The Bertz CT molecular complexity index is 1750. The molecule has 0 aliphatic carbocycles. The SMILES string of the molecule is CCCCCCc1cc(C)sc1-c1cc(CCC(CCC)c2ccc3c(c2)c2ccccc2n3-c2ccccc2)cs1. The molecule has 3 aromatic heterocycles. The van der Waals surface area contributed by atoms with Crippen LogP contribution in [0.4, 0.5) is 0 Å². The molecule has 6 rings (SSSR count). The molecule has 3 heterocycles. The maximum atomic E-state index is 2.50. The minimum Gasteiger partial charge on any atom is -0.309 e. The largest absolute Gasteiger partial charge is 0.309 e. The summed E-state index contributed by atoms with van der Waals surface area (Å²) in [6.45, 7) is 6.89. The number of rotatable bonds is 13. The third-order valence-electron chi connectivity index (χ3n) is 8.71. The number of nitrogens with zero attached hydrogens (tertiary/aromatic N) is 1. The number of fused-ring (bicyclic) bond motifs is 3. The topological polar surface area (TPSA) is 4.93 Å². The summed E-state index contributed by atoms with van der Waals surface area (Å²) in [4.78, 5) is 4.43. The lowest BCUT2D eigenvalue weighted by atomic mass is 9.88. The van der Waals surface area contributed by atoms with E-state index >= 15 is 0 Å². The van der Waals surface area contributed by atoms with Gasteiger partial charge >= 0.3 is 0 Å². The number of hydrogen-bond donors (Lipinski definition) is 0. The van der Waals surface area contributed by atoms with Crippen LogP contribution in [0.2, 0.25) is 0 Å². The van der Waals surface area contributed by atoms with Crippen molar-refractivity contribution in [2.24, 2.45) is 0 Å². The minimum absolute atomic E-state index is 0.569. The van der Waals surface area contributed by atoms with Crippen molar-refractivity contribution in [3.63, 3.8) is 0 Å². The van der Waals surface area contributed by atoms with E-state index in [-0.39, 0.29) is 0 Å². The van der Waals surface area contributed by atoms with Crippen molar-refractivity contribution in [1.29, 1.82) is 0 Å². The highest BCUT2D eigenvalue weighted by Crippen LogP contribution is 2.39. The lowest BCUT2D eigenvalue weighted by Crippen LogP contribution is -2.01. The molecule has 0 saturated carbocycles. The maximum absolute atomic E-state index is 2.50. The highest BCUT2D eigenvalue weighted by Gasteiger charge is 2.17. The Kier molecular flexibility index (Phi) is 9.27. The molecule has 0 saturated heterocycles. The first-order chi connectivity index (χ1) is 20.7. The molecule has 6 aromatic rings. The van der Waals surface area contributed by atoms with E-state index in [0.717, 1.165) is 6.42 Å². The van der Waals surface area contributed by atoms with Crippen molar-refractivity contribution in [2.75, 3.05) is 0 Å². The molecule has 1 nitrogen and oxygen atoms in total. The van der Waals surface area contributed by atoms with Crippen molar-refractivity contribution >= 4 is 44.5 Å². The average molecular weight is 590 g/mol. The lowest BCUT2D eigenvalue weighted by Gasteiger charge is -2.17. The van der Waals surface area contributed by atoms with Gasteiger partial charge in [-0.25, -0.2) is 0 Å². The molecule has 0 bridgehead atoms. The molecule has 0 aliphatic rings. The molecule has 0 N–H and O–H groups in total. The highest BCUT2D eigenvalue weighted by atomic mass is 32.1. The predicted molar refractivity (Wildman–Crippen MR) is 187 cm³/mol. The Morgan fingerprint density at radius 1 is 0.714 bits per heavy atom. The number of benzene rings is 3. The fraction of sp³-hybridized carbons (Fsp3) is 0.333. The second-order valence-electron chi connectivity index (χ2n) is 11.8. The summed E-state index contributed by atoms with van der Waals surface area (Å²) < 4.78 is 2.42. The van der Waals surface area contributed by atoms with Crippen LogP contribution in [0.5, 0.6) is 0 Å². The standard InChI is InChI=1S/C39H43NS2/c1-4-6-7-9-15-32-24-28(3)42-39(32)38-25-29(27-41-38)20-21-30(14-5-2)31-22-23-37-35(26-31)34-18-12-13-19-36(34)40(37)33-16-10-8-11-17-33/h8,10-13,16-19,22-27,30H,4-7,9,14-15,20-21H2,1-3H3. The van der Waals surface area contributed by atoms with Crippen LogP contribution >= 0.6 is 22.7 Å². The molecule has 0 fully saturated rings. The molecule has 42 heavy (non-hydrogen) atoms. The number of unbranched alkanes of at least 4 members (excludes halogenated alkanes) is 3. The Hall–Kier alpha value is -3.14. The number of para-hydroxylation sites is 2. The Balaban J connectivity index is 1.24. The van der Waals surface area contributed by atoms with Gasteiger partial charge in [0.25, 0.3) is 0 Å². The fourth-order valence-corrected chi connectivity index (χ4v) is 8.76. The average Bonchev–Trinajstić information content (AvgIpc) is 3.73. The second-order valence-corrected chi connectivity index (χ2v) is 14.0. The van der Waals surface area contributed by atoms with E-state index in [1.807, 2.05) is 22.7 Å². The number of hydrogen-bond acceptors (Lipinski definition) is 2. The molecule has 0 spiro atoms. The Morgan fingerprint density at radius 3 is 2.36 bits per heavy atom. The van der Waals surface area contributed by atoms with Crippen molar-refractivity contribution in [2.45, 2.75) is 84.5 Å². The monoisotopic (exact) mass is 589 g/mol. The molecule has 3 heteroatoms. The summed E-state index contributed by atoms with van der Waals surface area (Å²) in [5, 5.41) is 5.13. The molecule has 0 amide bonds. The molecule has 1 unspecified atom stereocenters. The second kappa shape index (κ2) is 13.4.